The fourth-order valence-corrected chi connectivity index (χ4v) is 2.86. The van der Waals surface area contributed by atoms with E-state index in [1.807, 2.05) is 13.0 Å². The summed E-state index contributed by atoms with van der Waals surface area (Å²) in [7, 11) is 0. The van der Waals surface area contributed by atoms with Gasteiger partial charge in [0.15, 0.2) is 5.78 Å². The van der Waals surface area contributed by atoms with Crippen molar-refractivity contribution in [3.8, 4) is 5.75 Å². The van der Waals surface area contributed by atoms with Gasteiger partial charge in [0.2, 0.25) is 0 Å². The molecule has 0 aromatic heterocycles. The minimum absolute atomic E-state index is 0.159. The summed E-state index contributed by atoms with van der Waals surface area (Å²) in [6.45, 7) is 2.82. The van der Waals surface area contributed by atoms with Gasteiger partial charge >= 0.3 is 0 Å². The van der Waals surface area contributed by atoms with E-state index in [-0.39, 0.29) is 18.0 Å². The summed E-state index contributed by atoms with van der Waals surface area (Å²) in [4.78, 5) is 12.0. The molecule has 0 aliphatic carbocycles. The standard InChI is InChI=1S/C16H20O3/c1-11-2-6-16(19-11)14(17)5-3-12-4-7-15-13(10-12)8-9-18-15/h4,7,10-11,16H,2-3,5-6,8-9H2,1H3. The number of carbonyl (C=O) groups excluding carboxylic acids is 1. The zero-order valence-electron chi connectivity index (χ0n) is 11.4. The lowest BCUT2D eigenvalue weighted by Crippen LogP contribution is -2.21. The highest BCUT2D eigenvalue weighted by atomic mass is 16.5. The molecule has 0 amide bonds. The third kappa shape index (κ3) is 2.81. The second-order valence-electron chi connectivity index (χ2n) is 5.52. The highest BCUT2D eigenvalue weighted by Crippen LogP contribution is 2.27. The van der Waals surface area contributed by atoms with E-state index in [0.717, 1.165) is 38.0 Å². The second kappa shape index (κ2) is 5.33. The van der Waals surface area contributed by atoms with Crippen molar-refractivity contribution in [2.75, 3.05) is 6.61 Å². The van der Waals surface area contributed by atoms with Gasteiger partial charge < -0.3 is 9.47 Å². The van der Waals surface area contributed by atoms with Crippen LogP contribution < -0.4 is 4.74 Å². The summed E-state index contributed by atoms with van der Waals surface area (Å²) in [6.07, 6.45) is 4.35. The SMILES string of the molecule is CC1CCC(C(=O)CCc2ccc3c(c2)CCO3)O1. The van der Waals surface area contributed by atoms with Crippen molar-refractivity contribution < 1.29 is 14.3 Å². The molecule has 1 saturated heterocycles. The second-order valence-corrected chi connectivity index (χ2v) is 5.52. The normalized spacial score (nSPS) is 25.1. The van der Waals surface area contributed by atoms with Crippen molar-refractivity contribution in [1.29, 1.82) is 0 Å². The smallest absolute Gasteiger partial charge is 0.161 e. The lowest BCUT2D eigenvalue weighted by Gasteiger charge is -2.10. The van der Waals surface area contributed by atoms with Crippen LogP contribution in [0.2, 0.25) is 0 Å². The molecule has 2 aliphatic heterocycles. The Morgan fingerprint density at radius 1 is 1.37 bits per heavy atom. The van der Waals surface area contributed by atoms with Crippen LogP contribution in [-0.4, -0.2) is 24.6 Å². The molecule has 0 N–H and O–H groups in total. The number of rotatable bonds is 4. The molecule has 2 unspecified atom stereocenters. The molecule has 2 heterocycles. The molecule has 2 aliphatic rings. The molecule has 3 heteroatoms. The maximum absolute atomic E-state index is 12.0. The Balaban J connectivity index is 1.56. The van der Waals surface area contributed by atoms with E-state index in [9.17, 15) is 4.79 Å². The first-order chi connectivity index (χ1) is 9.22. The number of Topliss-reactive ketones (excluding diaryl/α,β-unsaturated/α-hetero) is 1. The van der Waals surface area contributed by atoms with Gasteiger partial charge in [0, 0.05) is 12.8 Å². The molecule has 3 rings (SSSR count). The summed E-state index contributed by atoms with van der Waals surface area (Å²) in [5.41, 5.74) is 2.50. The number of aryl methyl sites for hydroxylation is 1. The summed E-state index contributed by atoms with van der Waals surface area (Å²) in [5, 5.41) is 0. The van der Waals surface area contributed by atoms with Crippen molar-refractivity contribution in [3.63, 3.8) is 0 Å². The topological polar surface area (TPSA) is 35.5 Å². The molecule has 0 radical (unpaired) electrons. The van der Waals surface area contributed by atoms with Gasteiger partial charge in [-0.3, -0.25) is 4.79 Å². The van der Waals surface area contributed by atoms with Crippen LogP contribution in [0, 0.1) is 0 Å². The van der Waals surface area contributed by atoms with Gasteiger partial charge in [-0.2, -0.15) is 0 Å². The van der Waals surface area contributed by atoms with Crippen LogP contribution in [0.4, 0.5) is 0 Å². The molecule has 0 spiro atoms. The molecule has 102 valence electrons. The molecular formula is C16H20O3. The van der Waals surface area contributed by atoms with Crippen LogP contribution in [0.1, 0.15) is 37.3 Å². The maximum atomic E-state index is 12.0. The Bertz CT molecular complexity index is 481. The zero-order valence-corrected chi connectivity index (χ0v) is 11.4. The first-order valence-corrected chi connectivity index (χ1v) is 7.15. The average Bonchev–Trinajstić information content (AvgIpc) is 3.03. The van der Waals surface area contributed by atoms with Crippen molar-refractivity contribution in [3.05, 3.63) is 29.3 Å². The van der Waals surface area contributed by atoms with Crippen LogP contribution in [0.15, 0.2) is 18.2 Å². The number of ketones is 1. The van der Waals surface area contributed by atoms with E-state index in [2.05, 4.69) is 12.1 Å². The van der Waals surface area contributed by atoms with Gasteiger partial charge in [0.25, 0.3) is 0 Å². The van der Waals surface area contributed by atoms with E-state index in [1.54, 1.807) is 0 Å². The lowest BCUT2D eigenvalue weighted by atomic mass is 10.0. The van der Waals surface area contributed by atoms with Crippen molar-refractivity contribution >= 4 is 5.78 Å². The quantitative estimate of drug-likeness (QED) is 0.835. The van der Waals surface area contributed by atoms with Crippen LogP contribution in [0.5, 0.6) is 5.75 Å². The summed E-state index contributed by atoms with van der Waals surface area (Å²) in [5.74, 6) is 1.25. The van der Waals surface area contributed by atoms with Gasteiger partial charge in [-0.15, -0.1) is 0 Å². The molecule has 19 heavy (non-hydrogen) atoms. The van der Waals surface area contributed by atoms with E-state index in [1.165, 1.54) is 11.1 Å². The van der Waals surface area contributed by atoms with Gasteiger partial charge in [0.05, 0.1) is 12.7 Å². The summed E-state index contributed by atoms with van der Waals surface area (Å²) in [6, 6.07) is 6.26. The minimum atomic E-state index is -0.159. The number of benzene rings is 1. The lowest BCUT2D eigenvalue weighted by molar-refractivity contribution is -0.129. The van der Waals surface area contributed by atoms with Crippen molar-refractivity contribution in [2.24, 2.45) is 0 Å². The monoisotopic (exact) mass is 260 g/mol. The van der Waals surface area contributed by atoms with E-state index < -0.39 is 0 Å². The average molecular weight is 260 g/mol. The third-order valence-electron chi connectivity index (χ3n) is 4.01. The fourth-order valence-electron chi connectivity index (χ4n) is 2.86. The molecule has 2 atom stereocenters. The van der Waals surface area contributed by atoms with Crippen LogP contribution in [0.25, 0.3) is 0 Å². The van der Waals surface area contributed by atoms with Gasteiger partial charge in [0.1, 0.15) is 11.9 Å². The number of ether oxygens (including phenoxy) is 2. The minimum Gasteiger partial charge on any atom is -0.493 e. The Hall–Kier alpha value is -1.35. The van der Waals surface area contributed by atoms with Crippen LogP contribution >= 0.6 is 0 Å². The summed E-state index contributed by atoms with van der Waals surface area (Å²) < 4.78 is 11.1. The van der Waals surface area contributed by atoms with Gasteiger partial charge in [-0.1, -0.05) is 12.1 Å². The predicted octanol–water partition coefficient (Wildman–Crippen LogP) is 2.69. The van der Waals surface area contributed by atoms with Gasteiger partial charge in [-0.05, 0) is 43.4 Å². The number of hydrogen-bond acceptors (Lipinski definition) is 3. The molecule has 1 aromatic rings. The van der Waals surface area contributed by atoms with Crippen molar-refractivity contribution in [1.82, 2.24) is 0 Å². The Morgan fingerprint density at radius 2 is 2.26 bits per heavy atom. The first-order valence-electron chi connectivity index (χ1n) is 7.15. The molecule has 1 fully saturated rings. The van der Waals surface area contributed by atoms with E-state index >= 15 is 0 Å². The summed E-state index contributed by atoms with van der Waals surface area (Å²) >= 11 is 0. The van der Waals surface area contributed by atoms with Crippen LogP contribution in [-0.2, 0) is 22.4 Å². The molecule has 3 nitrogen and oxygen atoms in total. The number of carbonyl (C=O) groups is 1. The Morgan fingerprint density at radius 3 is 3.05 bits per heavy atom. The Kier molecular flexibility index (Phi) is 3.56. The molecule has 0 saturated carbocycles. The third-order valence-corrected chi connectivity index (χ3v) is 4.01. The zero-order chi connectivity index (χ0) is 13.2. The predicted molar refractivity (Wildman–Crippen MR) is 72.5 cm³/mol. The van der Waals surface area contributed by atoms with Crippen molar-refractivity contribution in [2.45, 2.75) is 51.2 Å². The van der Waals surface area contributed by atoms with Crippen LogP contribution in [0.3, 0.4) is 0 Å². The van der Waals surface area contributed by atoms with E-state index in [4.69, 9.17) is 9.47 Å². The highest BCUT2D eigenvalue weighted by molar-refractivity contribution is 5.83. The van der Waals surface area contributed by atoms with E-state index in [0.29, 0.717) is 6.42 Å². The van der Waals surface area contributed by atoms with Gasteiger partial charge in [-0.25, -0.2) is 0 Å². The number of hydrogen-bond donors (Lipinski definition) is 0. The molecular weight excluding hydrogens is 240 g/mol. The molecule has 1 aromatic carbocycles. The first kappa shape index (κ1) is 12.7. The largest absolute Gasteiger partial charge is 0.493 e. The Labute approximate surface area is 113 Å². The molecule has 0 bridgehead atoms. The highest BCUT2D eigenvalue weighted by Gasteiger charge is 2.27. The fraction of sp³-hybridized carbons (Fsp3) is 0.562. The number of fused-ring (bicyclic) bond motifs is 1. The maximum Gasteiger partial charge on any atom is 0.161 e.